The van der Waals surface area contributed by atoms with Crippen LogP contribution in [0.1, 0.15) is 74.0 Å². The number of nitrogens with two attached hydrogens (primary N) is 2. The van der Waals surface area contributed by atoms with Crippen LogP contribution in [-0.4, -0.2) is 42.0 Å². The Hall–Kier alpha value is -6.04. The quantitative estimate of drug-likeness (QED) is 0.145. The molecule has 51 heavy (non-hydrogen) atoms. The van der Waals surface area contributed by atoms with E-state index in [1.165, 1.54) is 63.3 Å². The Morgan fingerprint density at radius 3 is 2.12 bits per heavy atom. The maximum absolute atomic E-state index is 5.94. The fourth-order valence-electron chi connectivity index (χ4n) is 7.62. The van der Waals surface area contributed by atoms with E-state index in [0.29, 0.717) is 41.4 Å². The molecule has 0 bridgehead atoms. The summed E-state index contributed by atoms with van der Waals surface area (Å²) < 4.78 is 11.5. The highest BCUT2D eigenvalue weighted by Gasteiger charge is 2.32. The molecule has 0 radical (unpaired) electrons. The van der Waals surface area contributed by atoms with E-state index in [4.69, 9.17) is 30.3 Å². The number of piperidine rings is 1. The standard InChI is InChI=1S/C39H40N10O2/c40-34-13-15-36(50-34)44-30-19-25(24-7-3-1-4-8-24)9-11-28(30)32-21-27-22-33(47-39-43-23-42-38(46-32)49(27)39)29-12-10-26(48-17-5-2-6-18-48)20-31(29)45-37-16-14-35(41)51-37/h9-16,19-24,44-45H,1-8,17-18,40-41H2. The molecule has 1 aliphatic carbocycles. The third-order valence-electron chi connectivity index (χ3n) is 10.2. The molecule has 0 unspecified atom stereocenters. The summed E-state index contributed by atoms with van der Waals surface area (Å²) in [7, 11) is 0. The van der Waals surface area contributed by atoms with Crippen molar-refractivity contribution in [2.45, 2.75) is 57.3 Å². The summed E-state index contributed by atoms with van der Waals surface area (Å²) in [5, 5.41) is 6.96. The molecule has 5 aliphatic rings. The molecule has 12 nitrogen and oxygen atoms in total. The van der Waals surface area contributed by atoms with Crippen molar-refractivity contribution in [2.24, 2.45) is 20.0 Å². The van der Waals surface area contributed by atoms with Gasteiger partial charge >= 0.3 is 0 Å². The maximum Gasteiger partial charge on any atom is 0.239 e. The summed E-state index contributed by atoms with van der Waals surface area (Å²) in [6.07, 6.45) is 15.5. The predicted octanol–water partition coefficient (Wildman–Crippen LogP) is 8.36. The largest absolute Gasteiger partial charge is 0.425 e. The van der Waals surface area contributed by atoms with E-state index < -0.39 is 0 Å². The molecular weight excluding hydrogens is 640 g/mol. The van der Waals surface area contributed by atoms with Gasteiger partial charge in [-0.3, -0.25) is 0 Å². The molecule has 2 aromatic carbocycles. The number of nitrogens with one attached hydrogen (secondary N) is 2. The van der Waals surface area contributed by atoms with Crippen LogP contribution in [-0.2, 0) is 0 Å². The molecule has 9 rings (SSSR count). The number of hydrogen-bond donors (Lipinski definition) is 4. The Kier molecular flexibility index (Phi) is 7.90. The summed E-state index contributed by atoms with van der Waals surface area (Å²) in [5.74, 6) is 3.35. The summed E-state index contributed by atoms with van der Waals surface area (Å²) >= 11 is 0. The lowest BCUT2D eigenvalue weighted by Gasteiger charge is -2.32. The first kappa shape index (κ1) is 31.0. The molecular formula is C39H40N10O2. The van der Waals surface area contributed by atoms with Crippen molar-refractivity contribution in [3.05, 3.63) is 95.2 Å². The van der Waals surface area contributed by atoms with Crippen LogP contribution in [0, 0.1) is 0 Å². The zero-order valence-corrected chi connectivity index (χ0v) is 28.3. The van der Waals surface area contributed by atoms with Gasteiger partial charge in [-0.15, -0.1) is 0 Å². The number of anilines is 7. The van der Waals surface area contributed by atoms with E-state index in [0.717, 1.165) is 58.4 Å². The van der Waals surface area contributed by atoms with Gasteiger partial charge in [0.15, 0.2) is 23.5 Å². The molecule has 6 N–H and O–H groups in total. The second-order valence-electron chi connectivity index (χ2n) is 13.6. The minimum Gasteiger partial charge on any atom is -0.425 e. The van der Waals surface area contributed by atoms with Gasteiger partial charge < -0.3 is 35.8 Å². The van der Waals surface area contributed by atoms with Crippen molar-refractivity contribution in [1.29, 1.82) is 0 Å². The Balaban J connectivity index is 1.12. The highest BCUT2D eigenvalue weighted by atomic mass is 16.4. The van der Waals surface area contributed by atoms with E-state index in [1.54, 1.807) is 12.1 Å². The van der Waals surface area contributed by atoms with Crippen molar-refractivity contribution >= 4 is 70.3 Å². The van der Waals surface area contributed by atoms with Crippen molar-refractivity contribution in [1.82, 2.24) is 4.90 Å². The van der Waals surface area contributed by atoms with Crippen LogP contribution in [0.5, 0.6) is 0 Å². The van der Waals surface area contributed by atoms with Gasteiger partial charge in [-0.25, -0.2) is 24.9 Å². The molecule has 258 valence electrons. The van der Waals surface area contributed by atoms with Crippen LogP contribution in [0.3, 0.4) is 0 Å². The first-order valence-electron chi connectivity index (χ1n) is 17.8. The summed E-state index contributed by atoms with van der Waals surface area (Å²) in [5.41, 5.74) is 20.3. The first-order valence-corrected chi connectivity index (χ1v) is 17.8. The minimum absolute atomic E-state index is 0.345. The van der Waals surface area contributed by atoms with Crippen LogP contribution in [0.15, 0.2) is 107 Å². The number of hydrogen-bond acceptors (Lipinski definition) is 12. The fourth-order valence-corrected chi connectivity index (χ4v) is 7.62. The van der Waals surface area contributed by atoms with Crippen LogP contribution < -0.4 is 27.0 Å². The van der Waals surface area contributed by atoms with Crippen LogP contribution in [0.2, 0.25) is 0 Å². The second-order valence-corrected chi connectivity index (χ2v) is 13.6. The molecule has 0 atom stereocenters. The topological polar surface area (TPSA) is 158 Å². The number of aliphatic imine (C=N–C) groups is 4. The molecule has 2 fully saturated rings. The van der Waals surface area contributed by atoms with E-state index in [-0.39, 0.29) is 0 Å². The summed E-state index contributed by atoms with van der Waals surface area (Å²) in [6.45, 7) is 2.06. The van der Waals surface area contributed by atoms with Crippen molar-refractivity contribution in [3.8, 4) is 0 Å². The Morgan fingerprint density at radius 1 is 0.686 bits per heavy atom. The van der Waals surface area contributed by atoms with Crippen LogP contribution in [0.25, 0.3) is 5.70 Å². The average Bonchev–Trinajstić information content (AvgIpc) is 3.78. The number of furan rings is 2. The van der Waals surface area contributed by atoms with Crippen molar-refractivity contribution in [2.75, 3.05) is 40.1 Å². The molecule has 4 aromatic rings. The van der Waals surface area contributed by atoms with Crippen molar-refractivity contribution < 1.29 is 8.83 Å². The van der Waals surface area contributed by atoms with E-state index >= 15 is 0 Å². The molecule has 1 saturated heterocycles. The van der Waals surface area contributed by atoms with Gasteiger partial charge in [0.1, 0.15) is 6.34 Å². The number of rotatable bonds is 8. The minimum atomic E-state index is 0.345. The van der Waals surface area contributed by atoms with Crippen LogP contribution in [0.4, 0.5) is 40.6 Å². The monoisotopic (exact) mass is 680 g/mol. The van der Waals surface area contributed by atoms with Crippen LogP contribution >= 0.6 is 0 Å². The fraction of sp³-hybridized carbons (Fsp3) is 0.282. The highest BCUT2D eigenvalue weighted by Crippen LogP contribution is 2.40. The molecule has 12 heteroatoms. The maximum atomic E-state index is 5.94. The molecule has 0 amide bonds. The first-order chi connectivity index (χ1) is 25.0. The SMILES string of the molecule is Nc1ccc(Nc2cc(C3CCCCC3)ccc2C2=CC3=CC(c4ccc(N5CCCCC5)cc4Nc4ccc(N)o4)=NC4=NC=NC(=N2)N34)o1. The summed E-state index contributed by atoms with van der Waals surface area (Å²) in [6, 6.07) is 20.2. The Bertz CT molecular complexity index is 2060. The Labute approximate surface area is 296 Å². The lowest BCUT2D eigenvalue weighted by molar-refractivity contribution is 0.443. The van der Waals surface area contributed by atoms with Gasteiger partial charge in [-0.1, -0.05) is 31.4 Å². The van der Waals surface area contributed by atoms with Gasteiger partial charge in [0.25, 0.3) is 0 Å². The van der Waals surface area contributed by atoms with E-state index in [1.807, 2.05) is 17.0 Å². The number of nitrogen functional groups attached to an aromatic ring is 2. The third kappa shape index (κ3) is 6.17. The zero-order chi connectivity index (χ0) is 34.3. The molecule has 1 saturated carbocycles. The van der Waals surface area contributed by atoms with Gasteiger partial charge in [0.2, 0.25) is 11.9 Å². The molecule has 0 spiro atoms. The number of nitrogens with zero attached hydrogens (tertiary/aromatic N) is 6. The number of benzene rings is 2. The Morgan fingerprint density at radius 2 is 1.39 bits per heavy atom. The predicted molar refractivity (Wildman–Crippen MR) is 205 cm³/mol. The van der Waals surface area contributed by atoms with Gasteiger partial charge in [0.05, 0.1) is 28.5 Å². The summed E-state index contributed by atoms with van der Waals surface area (Å²) in [4.78, 5) is 23.5. The lowest BCUT2D eigenvalue weighted by atomic mass is 9.83. The molecule has 2 aromatic heterocycles. The third-order valence-corrected chi connectivity index (χ3v) is 10.2. The number of guanidine groups is 2. The lowest BCUT2D eigenvalue weighted by Crippen LogP contribution is -2.40. The highest BCUT2D eigenvalue weighted by molar-refractivity contribution is 6.24. The molecule has 4 aliphatic heterocycles. The zero-order valence-electron chi connectivity index (χ0n) is 28.3. The van der Waals surface area contributed by atoms with E-state index in [9.17, 15) is 0 Å². The smallest absolute Gasteiger partial charge is 0.239 e. The van der Waals surface area contributed by atoms with E-state index in [2.05, 4.69) is 74.1 Å². The average molecular weight is 681 g/mol. The normalized spacial score (nSPS) is 18.7. The van der Waals surface area contributed by atoms with Crippen molar-refractivity contribution in [3.63, 3.8) is 0 Å². The van der Waals surface area contributed by atoms with Gasteiger partial charge in [-0.05, 0) is 80.0 Å². The second kappa shape index (κ2) is 13.0. The van der Waals surface area contributed by atoms with Gasteiger partial charge in [-0.2, -0.15) is 0 Å². The van der Waals surface area contributed by atoms with Gasteiger partial charge in [0, 0.05) is 54.2 Å². The molecule has 6 heterocycles. The number of allylic oxidation sites excluding steroid dienone is 2.